The first-order valence-electron chi connectivity index (χ1n) is 8.74. The molecule has 0 radical (unpaired) electrons. The van der Waals surface area contributed by atoms with E-state index in [9.17, 15) is 4.79 Å². The Hall–Kier alpha value is -2.35. The number of rotatable bonds is 3. The highest BCUT2D eigenvalue weighted by atomic mass is 16.5. The molecule has 0 unspecified atom stereocenters. The molecule has 4 heterocycles. The molecule has 1 amide bonds. The lowest BCUT2D eigenvalue weighted by Gasteiger charge is -2.17. The molecule has 2 saturated heterocycles. The molecule has 3 aliphatic rings. The van der Waals surface area contributed by atoms with Crippen molar-refractivity contribution in [1.82, 2.24) is 25.1 Å². The van der Waals surface area contributed by atoms with E-state index in [1.807, 2.05) is 6.92 Å². The zero-order valence-electron chi connectivity index (χ0n) is 14.0. The van der Waals surface area contributed by atoms with Crippen LogP contribution in [0.15, 0.2) is 16.8 Å². The lowest BCUT2D eigenvalue weighted by molar-refractivity contribution is 0.0221. The highest BCUT2D eigenvalue weighted by Crippen LogP contribution is 2.43. The predicted octanol–water partition coefficient (Wildman–Crippen LogP) is 1.65. The summed E-state index contributed by atoms with van der Waals surface area (Å²) in [4.78, 5) is 22.7. The zero-order valence-corrected chi connectivity index (χ0v) is 14.0. The highest BCUT2D eigenvalue weighted by molar-refractivity contribution is 5.92. The van der Waals surface area contributed by atoms with E-state index < -0.39 is 0 Å². The maximum atomic E-state index is 12.6. The Bertz CT molecular complexity index is 787. The Labute approximate surface area is 144 Å². The van der Waals surface area contributed by atoms with Gasteiger partial charge in [-0.3, -0.25) is 9.78 Å². The van der Waals surface area contributed by atoms with Gasteiger partial charge in [-0.2, -0.15) is 0 Å². The first-order chi connectivity index (χ1) is 12.2. The number of amides is 1. The van der Waals surface area contributed by atoms with Gasteiger partial charge in [-0.15, -0.1) is 10.2 Å². The molecule has 1 saturated carbocycles. The maximum absolute atomic E-state index is 12.6. The molecule has 130 valence electrons. The van der Waals surface area contributed by atoms with Gasteiger partial charge in [0.1, 0.15) is 11.8 Å². The molecule has 3 atom stereocenters. The second-order valence-corrected chi connectivity index (χ2v) is 7.16. The number of likely N-dealkylation sites (tertiary alicyclic amines) is 1. The fourth-order valence-corrected chi connectivity index (χ4v) is 3.63. The summed E-state index contributed by atoms with van der Waals surface area (Å²) in [5.41, 5.74) is 1.18. The molecule has 0 spiro atoms. The van der Waals surface area contributed by atoms with Gasteiger partial charge in [-0.1, -0.05) is 0 Å². The van der Waals surface area contributed by atoms with Crippen molar-refractivity contribution >= 4 is 5.91 Å². The van der Waals surface area contributed by atoms with Crippen LogP contribution in [-0.2, 0) is 4.74 Å². The number of carbonyl (C=O) groups is 1. The van der Waals surface area contributed by atoms with Gasteiger partial charge < -0.3 is 14.1 Å². The summed E-state index contributed by atoms with van der Waals surface area (Å²) in [6.45, 7) is 3.08. The van der Waals surface area contributed by atoms with Gasteiger partial charge in [0.15, 0.2) is 0 Å². The Morgan fingerprint density at radius 3 is 2.72 bits per heavy atom. The van der Waals surface area contributed by atoms with E-state index in [1.54, 1.807) is 11.1 Å². The monoisotopic (exact) mass is 341 g/mol. The highest BCUT2D eigenvalue weighted by Gasteiger charge is 2.46. The van der Waals surface area contributed by atoms with Crippen molar-refractivity contribution in [1.29, 1.82) is 0 Å². The number of ether oxygens (including phenoxy) is 1. The molecule has 0 N–H and O–H groups in total. The zero-order chi connectivity index (χ0) is 17.0. The molecule has 8 nitrogen and oxygen atoms in total. The first-order valence-corrected chi connectivity index (χ1v) is 8.74. The van der Waals surface area contributed by atoms with Crippen LogP contribution in [0, 0.1) is 12.8 Å². The van der Waals surface area contributed by atoms with Crippen LogP contribution < -0.4 is 0 Å². The van der Waals surface area contributed by atoms with Gasteiger partial charge in [0, 0.05) is 31.1 Å². The summed E-state index contributed by atoms with van der Waals surface area (Å²) in [5, 5.41) is 8.29. The third kappa shape index (κ3) is 2.70. The Kier molecular flexibility index (Phi) is 3.34. The van der Waals surface area contributed by atoms with Gasteiger partial charge in [-0.25, -0.2) is 4.98 Å². The van der Waals surface area contributed by atoms with Crippen LogP contribution in [0.25, 0.3) is 0 Å². The molecule has 1 aliphatic carbocycles. The second-order valence-electron chi connectivity index (χ2n) is 7.16. The number of hydrogen-bond acceptors (Lipinski definition) is 7. The van der Waals surface area contributed by atoms with Gasteiger partial charge in [0.2, 0.25) is 11.8 Å². The molecule has 2 aromatic heterocycles. The van der Waals surface area contributed by atoms with Gasteiger partial charge in [0.05, 0.1) is 18.0 Å². The standard InChI is InChI=1S/C17H19N5O3/c1-9-5-19-12(6-18-9)17(23)22-7-11-4-13(24-14(11)8-22)16-21-20-15(25-16)10-2-3-10/h5-6,10-11,13-14H,2-4,7-8H2,1H3/t11-,13-,14+/m1/s1. The second kappa shape index (κ2) is 5.59. The van der Waals surface area contributed by atoms with Gasteiger partial charge in [-0.05, 0) is 26.2 Å². The molecule has 8 heteroatoms. The Balaban J connectivity index is 1.24. The van der Waals surface area contributed by atoms with Crippen molar-refractivity contribution in [3.05, 3.63) is 35.6 Å². The van der Waals surface area contributed by atoms with Crippen LogP contribution in [0.4, 0.5) is 0 Å². The predicted molar refractivity (Wildman–Crippen MR) is 84.7 cm³/mol. The average molecular weight is 341 g/mol. The van der Waals surface area contributed by atoms with Crippen molar-refractivity contribution in [2.24, 2.45) is 5.92 Å². The van der Waals surface area contributed by atoms with Crippen LogP contribution in [0.1, 0.15) is 59.2 Å². The minimum Gasteiger partial charge on any atom is -0.422 e. The number of nitrogens with zero attached hydrogens (tertiary/aromatic N) is 5. The molecule has 5 rings (SSSR count). The summed E-state index contributed by atoms with van der Waals surface area (Å²) >= 11 is 0. The summed E-state index contributed by atoms with van der Waals surface area (Å²) < 4.78 is 11.9. The number of hydrogen-bond donors (Lipinski definition) is 0. The molecule has 0 aromatic carbocycles. The lowest BCUT2D eigenvalue weighted by atomic mass is 10.0. The number of fused-ring (bicyclic) bond motifs is 1. The molecule has 2 aliphatic heterocycles. The third-order valence-corrected chi connectivity index (χ3v) is 5.18. The van der Waals surface area contributed by atoms with E-state index in [1.165, 1.54) is 6.20 Å². The summed E-state index contributed by atoms with van der Waals surface area (Å²) in [6, 6.07) is 0. The van der Waals surface area contributed by atoms with Crippen LogP contribution >= 0.6 is 0 Å². The van der Waals surface area contributed by atoms with Crippen LogP contribution in [0.2, 0.25) is 0 Å². The molecule has 3 fully saturated rings. The Morgan fingerprint density at radius 2 is 2.00 bits per heavy atom. The first kappa shape index (κ1) is 14.9. The summed E-state index contributed by atoms with van der Waals surface area (Å²) in [7, 11) is 0. The summed E-state index contributed by atoms with van der Waals surface area (Å²) in [6.07, 6.45) is 6.10. The molecular weight excluding hydrogens is 322 g/mol. The largest absolute Gasteiger partial charge is 0.422 e. The Morgan fingerprint density at radius 1 is 1.16 bits per heavy atom. The van der Waals surface area contributed by atoms with Crippen LogP contribution in [0.3, 0.4) is 0 Å². The topological polar surface area (TPSA) is 94.2 Å². The van der Waals surface area contributed by atoms with Crippen molar-refractivity contribution < 1.29 is 13.9 Å². The van der Waals surface area contributed by atoms with E-state index >= 15 is 0 Å². The van der Waals surface area contributed by atoms with E-state index in [-0.39, 0.29) is 18.1 Å². The SMILES string of the molecule is Cc1cnc(C(=O)N2C[C@H]3C[C@H](c4nnc(C5CC5)o4)O[C@H]3C2)cn1. The van der Waals surface area contributed by atoms with Crippen molar-refractivity contribution in [3.8, 4) is 0 Å². The third-order valence-electron chi connectivity index (χ3n) is 5.18. The fraction of sp³-hybridized carbons (Fsp3) is 0.588. The number of aromatic nitrogens is 4. The normalized spacial score (nSPS) is 28.4. The van der Waals surface area contributed by atoms with Crippen molar-refractivity contribution in [3.63, 3.8) is 0 Å². The lowest BCUT2D eigenvalue weighted by Crippen LogP contribution is -2.31. The van der Waals surface area contributed by atoms with E-state index in [0.717, 1.165) is 30.8 Å². The fourth-order valence-electron chi connectivity index (χ4n) is 3.63. The molecule has 25 heavy (non-hydrogen) atoms. The minimum atomic E-state index is -0.147. The summed E-state index contributed by atoms with van der Waals surface area (Å²) in [5.74, 6) is 1.98. The molecule has 2 aromatic rings. The number of carbonyl (C=O) groups excluding carboxylic acids is 1. The van der Waals surface area contributed by atoms with E-state index in [0.29, 0.717) is 36.5 Å². The molecule has 0 bridgehead atoms. The maximum Gasteiger partial charge on any atom is 0.274 e. The van der Waals surface area contributed by atoms with E-state index in [2.05, 4.69) is 20.2 Å². The smallest absolute Gasteiger partial charge is 0.274 e. The van der Waals surface area contributed by atoms with Crippen LogP contribution in [0.5, 0.6) is 0 Å². The average Bonchev–Trinajstić information content (AvgIpc) is 3.04. The van der Waals surface area contributed by atoms with Gasteiger partial charge >= 0.3 is 0 Å². The van der Waals surface area contributed by atoms with Crippen molar-refractivity contribution in [2.75, 3.05) is 13.1 Å². The quantitative estimate of drug-likeness (QED) is 0.837. The van der Waals surface area contributed by atoms with Crippen molar-refractivity contribution in [2.45, 2.75) is 44.3 Å². The molecular formula is C17H19N5O3. The van der Waals surface area contributed by atoms with E-state index in [4.69, 9.17) is 9.15 Å². The van der Waals surface area contributed by atoms with Gasteiger partial charge in [0.25, 0.3) is 5.91 Å². The minimum absolute atomic E-state index is 0.0173. The van der Waals surface area contributed by atoms with Crippen LogP contribution in [-0.4, -0.2) is 50.2 Å². The number of aryl methyl sites for hydroxylation is 1.